The molecule has 1 aromatic rings. The predicted octanol–water partition coefficient (Wildman–Crippen LogP) is 0.811. The Balaban J connectivity index is 2.94. The summed E-state index contributed by atoms with van der Waals surface area (Å²) < 4.78 is 0. The summed E-state index contributed by atoms with van der Waals surface area (Å²) >= 11 is 0. The number of hydrogen-bond donors (Lipinski definition) is 4. The van der Waals surface area contributed by atoms with Gasteiger partial charge in [0, 0.05) is 12.6 Å². The van der Waals surface area contributed by atoms with Crippen LogP contribution in [-0.2, 0) is 0 Å². The van der Waals surface area contributed by atoms with Crippen molar-refractivity contribution in [3.63, 3.8) is 0 Å². The second-order valence-electron chi connectivity index (χ2n) is 4.55. The highest BCUT2D eigenvalue weighted by Crippen LogP contribution is 2.23. The van der Waals surface area contributed by atoms with Gasteiger partial charge in [-0.15, -0.1) is 0 Å². The molecule has 0 bridgehead atoms. The first-order valence-corrected chi connectivity index (χ1v) is 5.40. The molecule has 0 radical (unpaired) electrons. The monoisotopic (exact) mass is 237 g/mol. The van der Waals surface area contributed by atoms with Gasteiger partial charge in [0.15, 0.2) is 0 Å². The first kappa shape index (κ1) is 13.3. The van der Waals surface area contributed by atoms with E-state index in [4.69, 9.17) is 10.8 Å². The normalized spacial score (nSPS) is 11.1. The molecule has 0 unspecified atom stereocenters. The number of carbonyl (C=O) groups is 1. The molecule has 0 atom stereocenters. The van der Waals surface area contributed by atoms with Crippen molar-refractivity contribution in [1.82, 2.24) is 5.32 Å². The number of carbonyl (C=O) groups excluding carboxylic acids is 1. The Bertz CT molecular complexity index is 416. The molecule has 0 aliphatic heterocycles. The van der Waals surface area contributed by atoms with E-state index in [9.17, 15) is 4.79 Å². The maximum Gasteiger partial charge on any atom is 0.251 e. The van der Waals surface area contributed by atoms with Crippen LogP contribution in [0.25, 0.3) is 0 Å². The third-order valence-corrected chi connectivity index (χ3v) is 2.41. The van der Waals surface area contributed by atoms with Crippen molar-refractivity contribution in [2.24, 2.45) is 0 Å². The number of nitrogens with two attached hydrogens (primary N) is 1. The van der Waals surface area contributed by atoms with Crippen LogP contribution in [0.2, 0.25) is 0 Å². The van der Waals surface area contributed by atoms with Crippen LogP contribution < -0.4 is 16.4 Å². The number of anilines is 2. The molecule has 1 amide bonds. The minimum Gasteiger partial charge on any atom is -0.397 e. The molecule has 0 spiro atoms. The summed E-state index contributed by atoms with van der Waals surface area (Å²) in [7, 11) is 1.57. The Labute approximate surface area is 101 Å². The van der Waals surface area contributed by atoms with E-state index in [1.807, 2.05) is 13.8 Å². The summed E-state index contributed by atoms with van der Waals surface area (Å²) in [5.74, 6) is -0.176. The summed E-state index contributed by atoms with van der Waals surface area (Å²) in [4.78, 5) is 11.4. The van der Waals surface area contributed by atoms with Crippen LogP contribution in [0.3, 0.4) is 0 Å². The summed E-state index contributed by atoms with van der Waals surface area (Å²) in [5, 5.41) is 14.8. The van der Waals surface area contributed by atoms with E-state index in [0.29, 0.717) is 16.9 Å². The minimum absolute atomic E-state index is 0.0103. The van der Waals surface area contributed by atoms with Gasteiger partial charge in [-0.05, 0) is 32.0 Å². The van der Waals surface area contributed by atoms with Gasteiger partial charge in [0.05, 0.1) is 23.5 Å². The van der Waals surface area contributed by atoms with Crippen LogP contribution in [0, 0.1) is 0 Å². The van der Waals surface area contributed by atoms with Crippen molar-refractivity contribution in [3.05, 3.63) is 23.8 Å². The summed E-state index contributed by atoms with van der Waals surface area (Å²) in [6.45, 7) is 3.71. The molecule has 5 heteroatoms. The molecule has 0 fully saturated rings. The van der Waals surface area contributed by atoms with Crippen molar-refractivity contribution >= 4 is 17.3 Å². The predicted molar refractivity (Wildman–Crippen MR) is 69.0 cm³/mol. The van der Waals surface area contributed by atoms with E-state index in [1.165, 1.54) is 0 Å². The van der Waals surface area contributed by atoms with Gasteiger partial charge in [0.1, 0.15) is 0 Å². The zero-order chi connectivity index (χ0) is 13.1. The number of amides is 1. The second kappa shape index (κ2) is 5.05. The van der Waals surface area contributed by atoms with Gasteiger partial charge in [0.2, 0.25) is 0 Å². The van der Waals surface area contributed by atoms with Gasteiger partial charge in [-0.2, -0.15) is 0 Å². The molecule has 0 saturated carbocycles. The molecule has 0 heterocycles. The smallest absolute Gasteiger partial charge is 0.251 e. The summed E-state index contributed by atoms with van der Waals surface area (Å²) in [5.41, 5.74) is 7.09. The van der Waals surface area contributed by atoms with E-state index < -0.39 is 5.54 Å². The zero-order valence-corrected chi connectivity index (χ0v) is 10.4. The molecule has 0 aliphatic carbocycles. The fraction of sp³-hybridized carbons (Fsp3) is 0.417. The number of benzene rings is 1. The Kier molecular flexibility index (Phi) is 3.96. The number of aliphatic hydroxyl groups excluding tert-OH is 1. The minimum atomic E-state index is -0.456. The zero-order valence-electron chi connectivity index (χ0n) is 10.4. The molecule has 1 rings (SSSR count). The lowest BCUT2D eigenvalue weighted by atomic mass is 10.1. The summed E-state index contributed by atoms with van der Waals surface area (Å²) in [6.07, 6.45) is 0. The van der Waals surface area contributed by atoms with Gasteiger partial charge < -0.3 is 21.5 Å². The lowest BCUT2D eigenvalue weighted by Crippen LogP contribution is -2.35. The SMILES string of the molecule is CNC(=O)c1ccc(NC(C)(C)CO)c(N)c1. The van der Waals surface area contributed by atoms with Crippen molar-refractivity contribution < 1.29 is 9.90 Å². The van der Waals surface area contributed by atoms with E-state index in [1.54, 1.807) is 25.2 Å². The van der Waals surface area contributed by atoms with Crippen LogP contribution in [0.4, 0.5) is 11.4 Å². The van der Waals surface area contributed by atoms with E-state index in [-0.39, 0.29) is 12.5 Å². The van der Waals surface area contributed by atoms with Crippen molar-refractivity contribution in [2.75, 3.05) is 24.7 Å². The maximum atomic E-state index is 11.4. The molecule has 0 saturated heterocycles. The van der Waals surface area contributed by atoms with Gasteiger partial charge in [-0.25, -0.2) is 0 Å². The largest absolute Gasteiger partial charge is 0.397 e. The molecule has 0 aliphatic rings. The highest BCUT2D eigenvalue weighted by molar-refractivity contribution is 5.95. The molecule has 5 nitrogen and oxygen atoms in total. The number of hydrogen-bond acceptors (Lipinski definition) is 4. The Morgan fingerprint density at radius 1 is 1.47 bits per heavy atom. The first-order chi connectivity index (χ1) is 7.89. The van der Waals surface area contributed by atoms with Gasteiger partial charge >= 0.3 is 0 Å². The molecular formula is C12H19N3O2. The molecule has 94 valence electrons. The van der Waals surface area contributed by atoms with E-state index >= 15 is 0 Å². The standard InChI is InChI=1S/C12H19N3O2/c1-12(2,7-16)15-10-5-4-8(6-9(10)13)11(17)14-3/h4-6,15-16H,7,13H2,1-3H3,(H,14,17). The molecule has 1 aromatic carbocycles. The maximum absolute atomic E-state index is 11.4. The quantitative estimate of drug-likeness (QED) is 0.584. The second-order valence-corrected chi connectivity index (χ2v) is 4.55. The Hall–Kier alpha value is -1.75. The Morgan fingerprint density at radius 3 is 2.59 bits per heavy atom. The van der Waals surface area contributed by atoms with Crippen molar-refractivity contribution in [1.29, 1.82) is 0 Å². The van der Waals surface area contributed by atoms with E-state index in [2.05, 4.69) is 10.6 Å². The lowest BCUT2D eigenvalue weighted by Gasteiger charge is -2.26. The highest BCUT2D eigenvalue weighted by Gasteiger charge is 2.17. The molecule has 5 N–H and O–H groups in total. The van der Waals surface area contributed by atoms with Crippen LogP contribution in [0.5, 0.6) is 0 Å². The van der Waals surface area contributed by atoms with Crippen molar-refractivity contribution in [3.8, 4) is 0 Å². The number of nitrogen functional groups attached to an aromatic ring is 1. The number of rotatable bonds is 4. The topological polar surface area (TPSA) is 87.4 Å². The highest BCUT2D eigenvalue weighted by atomic mass is 16.3. The lowest BCUT2D eigenvalue weighted by molar-refractivity contribution is 0.0963. The number of nitrogens with one attached hydrogen (secondary N) is 2. The van der Waals surface area contributed by atoms with Crippen LogP contribution in [0.15, 0.2) is 18.2 Å². The summed E-state index contributed by atoms with van der Waals surface area (Å²) in [6, 6.07) is 5.02. The fourth-order valence-electron chi connectivity index (χ4n) is 1.37. The van der Waals surface area contributed by atoms with Gasteiger partial charge in [0.25, 0.3) is 5.91 Å². The molecular weight excluding hydrogens is 218 g/mol. The average Bonchev–Trinajstić information content (AvgIpc) is 2.30. The van der Waals surface area contributed by atoms with Crippen LogP contribution >= 0.6 is 0 Å². The average molecular weight is 237 g/mol. The molecule has 0 aromatic heterocycles. The van der Waals surface area contributed by atoms with Gasteiger partial charge in [-0.3, -0.25) is 4.79 Å². The Morgan fingerprint density at radius 2 is 2.12 bits per heavy atom. The fourth-order valence-corrected chi connectivity index (χ4v) is 1.37. The van der Waals surface area contributed by atoms with E-state index in [0.717, 1.165) is 0 Å². The van der Waals surface area contributed by atoms with Gasteiger partial charge in [-0.1, -0.05) is 0 Å². The third-order valence-electron chi connectivity index (χ3n) is 2.41. The van der Waals surface area contributed by atoms with Crippen LogP contribution in [0.1, 0.15) is 24.2 Å². The van der Waals surface area contributed by atoms with Crippen molar-refractivity contribution in [2.45, 2.75) is 19.4 Å². The number of aliphatic hydroxyl groups is 1. The third kappa shape index (κ3) is 3.35. The van der Waals surface area contributed by atoms with Crippen LogP contribution in [-0.4, -0.2) is 30.2 Å². The first-order valence-electron chi connectivity index (χ1n) is 5.40. The molecule has 17 heavy (non-hydrogen) atoms.